The van der Waals surface area contributed by atoms with Crippen LogP contribution in [-0.2, 0) is 4.79 Å². The molecule has 0 unspecified atom stereocenters. The van der Waals surface area contributed by atoms with Crippen LogP contribution in [-0.4, -0.2) is 35.8 Å². The molecule has 1 aliphatic rings. The summed E-state index contributed by atoms with van der Waals surface area (Å²) in [6, 6.07) is 7.53. The van der Waals surface area contributed by atoms with Crippen molar-refractivity contribution in [3.63, 3.8) is 0 Å². The summed E-state index contributed by atoms with van der Waals surface area (Å²) >= 11 is 0. The van der Waals surface area contributed by atoms with Gasteiger partial charge in [0.05, 0.1) is 12.1 Å². The third-order valence-electron chi connectivity index (χ3n) is 3.88. The second-order valence-electron chi connectivity index (χ2n) is 5.41. The van der Waals surface area contributed by atoms with Crippen molar-refractivity contribution in [2.75, 3.05) is 18.4 Å². The minimum Gasteiger partial charge on any atom is -0.385 e. The molecule has 0 aliphatic heterocycles. The number of amides is 2. The Kier molecular flexibility index (Phi) is 5.20. The van der Waals surface area contributed by atoms with E-state index in [4.69, 9.17) is 5.73 Å². The summed E-state index contributed by atoms with van der Waals surface area (Å²) < 4.78 is 0. The van der Waals surface area contributed by atoms with Crippen molar-refractivity contribution in [3.8, 4) is 0 Å². The minimum absolute atomic E-state index is 0.00996. The van der Waals surface area contributed by atoms with Gasteiger partial charge in [-0.2, -0.15) is 0 Å². The summed E-state index contributed by atoms with van der Waals surface area (Å²) in [6.45, 7) is 2.72. The van der Waals surface area contributed by atoms with Gasteiger partial charge in [-0.3, -0.25) is 9.59 Å². The fourth-order valence-corrected chi connectivity index (χ4v) is 2.92. The molecule has 0 spiro atoms. The standard InChI is InChI=1S/C16H23N3O2/c1-2-18-14-10-6-5-9-13(14)16(21)19(11-15(17)20)12-7-3-4-8-12/h5-6,9-10,12,18H,2-4,7-8,11H2,1H3,(H2,17,20). The maximum absolute atomic E-state index is 12.8. The molecule has 0 radical (unpaired) electrons. The molecule has 0 bridgehead atoms. The first-order valence-corrected chi connectivity index (χ1v) is 7.55. The number of nitrogens with one attached hydrogen (secondary N) is 1. The number of primary amides is 1. The predicted octanol–water partition coefficient (Wildman–Crippen LogP) is 1.99. The second-order valence-corrected chi connectivity index (χ2v) is 5.41. The van der Waals surface area contributed by atoms with Crippen molar-refractivity contribution < 1.29 is 9.59 Å². The number of carbonyl (C=O) groups excluding carboxylic acids is 2. The fraction of sp³-hybridized carbons (Fsp3) is 0.500. The van der Waals surface area contributed by atoms with Crippen LogP contribution in [0.5, 0.6) is 0 Å². The zero-order valence-electron chi connectivity index (χ0n) is 12.5. The Bertz CT molecular complexity index is 510. The Morgan fingerprint density at radius 3 is 2.57 bits per heavy atom. The van der Waals surface area contributed by atoms with Crippen molar-refractivity contribution in [3.05, 3.63) is 29.8 Å². The Balaban J connectivity index is 2.26. The van der Waals surface area contributed by atoms with Crippen LogP contribution >= 0.6 is 0 Å². The molecule has 0 aromatic heterocycles. The van der Waals surface area contributed by atoms with E-state index in [1.54, 1.807) is 11.0 Å². The molecule has 1 fully saturated rings. The average Bonchev–Trinajstić information content (AvgIpc) is 2.99. The van der Waals surface area contributed by atoms with Crippen LogP contribution in [0, 0.1) is 0 Å². The number of nitrogens with two attached hydrogens (primary N) is 1. The Morgan fingerprint density at radius 1 is 1.29 bits per heavy atom. The fourth-order valence-electron chi connectivity index (χ4n) is 2.92. The van der Waals surface area contributed by atoms with Gasteiger partial charge < -0.3 is 16.0 Å². The maximum Gasteiger partial charge on any atom is 0.256 e. The van der Waals surface area contributed by atoms with Gasteiger partial charge in [0, 0.05) is 18.3 Å². The summed E-state index contributed by atoms with van der Waals surface area (Å²) in [7, 11) is 0. The van der Waals surface area contributed by atoms with E-state index in [-0.39, 0.29) is 18.5 Å². The van der Waals surface area contributed by atoms with Crippen LogP contribution in [0.3, 0.4) is 0 Å². The average molecular weight is 289 g/mol. The number of hydrogen-bond acceptors (Lipinski definition) is 3. The van der Waals surface area contributed by atoms with E-state index in [2.05, 4.69) is 5.32 Å². The van der Waals surface area contributed by atoms with Crippen LogP contribution in [0.25, 0.3) is 0 Å². The van der Waals surface area contributed by atoms with Crippen LogP contribution in [0.2, 0.25) is 0 Å². The molecule has 0 atom stereocenters. The van der Waals surface area contributed by atoms with Gasteiger partial charge >= 0.3 is 0 Å². The Labute approximate surface area is 125 Å². The van der Waals surface area contributed by atoms with Crippen LogP contribution in [0.4, 0.5) is 5.69 Å². The lowest BCUT2D eigenvalue weighted by Gasteiger charge is -2.28. The van der Waals surface area contributed by atoms with Gasteiger partial charge in [0.25, 0.3) is 5.91 Å². The summed E-state index contributed by atoms with van der Waals surface area (Å²) in [6.07, 6.45) is 4.09. The molecule has 2 amide bonds. The van der Waals surface area contributed by atoms with Gasteiger partial charge in [-0.1, -0.05) is 25.0 Å². The molecular formula is C16H23N3O2. The number of benzene rings is 1. The lowest BCUT2D eigenvalue weighted by Crippen LogP contribution is -2.44. The SMILES string of the molecule is CCNc1ccccc1C(=O)N(CC(N)=O)C1CCCC1. The van der Waals surface area contributed by atoms with E-state index < -0.39 is 5.91 Å². The maximum atomic E-state index is 12.8. The van der Waals surface area contributed by atoms with Gasteiger partial charge in [-0.15, -0.1) is 0 Å². The molecule has 5 nitrogen and oxygen atoms in total. The van der Waals surface area contributed by atoms with Gasteiger partial charge in [-0.25, -0.2) is 0 Å². The number of nitrogens with zero attached hydrogens (tertiary/aromatic N) is 1. The number of carbonyl (C=O) groups is 2. The molecule has 1 aliphatic carbocycles. The molecule has 5 heteroatoms. The molecule has 114 valence electrons. The highest BCUT2D eigenvalue weighted by Crippen LogP contribution is 2.26. The van der Waals surface area contributed by atoms with E-state index in [9.17, 15) is 9.59 Å². The van der Waals surface area contributed by atoms with E-state index >= 15 is 0 Å². The molecule has 1 saturated carbocycles. The van der Waals surface area contributed by atoms with Crippen molar-refractivity contribution in [1.82, 2.24) is 4.90 Å². The van der Waals surface area contributed by atoms with E-state index in [0.717, 1.165) is 37.9 Å². The number of para-hydroxylation sites is 1. The summed E-state index contributed by atoms with van der Waals surface area (Å²) in [5, 5.41) is 3.19. The van der Waals surface area contributed by atoms with Crippen LogP contribution in [0.15, 0.2) is 24.3 Å². The van der Waals surface area contributed by atoms with E-state index in [1.165, 1.54) is 0 Å². The highest BCUT2D eigenvalue weighted by molar-refractivity contribution is 6.01. The number of anilines is 1. The molecule has 0 saturated heterocycles. The molecule has 3 N–H and O–H groups in total. The van der Waals surface area contributed by atoms with Crippen molar-refractivity contribution in [2.45, 2.75) is 38.6 Å². The predicted molar refractivity (Wildman–Crippen MR) is 83.1 cm³/mol. The molecule has 0 heterocycles. The largest absolute Gasteiger partial charge is 0.385 e. The van der Waals surface area contributed by atoms with Gasteiger partial charge in [0.2, 0.25) is 5.91 Å². The van der Waals surface area contributed by atoms with Gasteiger partial charge in [0.15, 0.2) is 0 Å². The molecule has 1 aromatic carbocycles. The molecular weight excluding hydrogens is 266 g/mol. The van der Waals surface area contributed by atoms with Gasteiger partial charge in [-0.05, 0) is 31.9 Å². The second kappa shape index (κ2) is 7.11. The van der Waals surface area contributed by atoms with Crippen molar-refractivity contribution in [2.24, 2.45) is 5.73 Å². The monoisotopic (exact) mass is 289 g/mol. The van der Waals surface area contributed by atoms with Crippen molar-refractivity contribution >= 4 is 17.5 Å². The quantitative estimate of drug-likeness (QED) is 0.841. The normalized spacial score (nSPS) is 14.9. The Morgan fingerprint density at radius 2 is 1.95 bits per heavy atom. The molecule has 1 aromatic rings. The zero-order valence-corrected chi connectivity index (χ0v) is 12.5. The van der Waals surface area contributed by atoms with Crippen molar-refractivity contribution in [1.29, 1.82) is 0 Å². The highest BCUT2D eigenvalue weighted by atomic mass is 16.2. The first kappa shape index (κ1) is 15.4. The first-order chi connectivity index (χ1) is 10.1. The lowest BCUT2D eigenvalue weighted by atomic mass is 10.1. The summed E-state index contributed by atoms with van der Waals surface area (Å²) in [4.78, 5) is 25.8. The lowest BCUT2D eigenvalue weighted by molar-refractivity contribution is -0.119. The number of hydrogen-bond donors (Lipinski definition) is 2. The molecule has 2 rings (SSSR count). The third-order valence-corrected chi connectivity index (χ3v) is 3.88. The van der Waals surface area contributed by atoms with Gasteiger partial charge in [0.1, 0.15) is 0 Å². The minimum atomic E-state index is -0.462. The van der Waals surface area contributed by atoms with E-state index in [1.807, 2.05) is 25.1 Å². The topological polar surface area (TPSA) is 75.4 Å². The number of rotatable bonds is 6. The summed E-state index contributed by atoms with van der Waals surface area (Å²) in [5.41, 5.74) is 6.73. The smallest absolute Gasteiger partial charge is 0.256 e. The van der Waals surface area contributed by atoms with E-state index in [0.29, 0.717) is 5.56 Å². The summed E-state index contributed by atoms with van der Waals surface area (Å²) in [5.74, 6) is -0.576. The zero-order chi connectivity index (χ0) is 15.2. The highest BCUT2D eigenvalue weighted by Gasteiger charge is 2.29. The first-order valence-electron chi connectivity index (χ1n) is 7.55. The molecule has 21 heavy (non-hydrogen) atoms. The Hall–Kier alpha value is -2.04. The van der Waals surface area contributed by atoms with Crippen LogP contribution in [0.1, 0.15) is 43.0 Å². The third kappa shape index (κ3) is 3.74. The van der Waals surface area contributed by atoms with Crippen LogP contribution < -0.4 is 11.1 Å².